The highest BCUT2D eigenvalue weighted by atomic mass is 16.5. The lowest BCUT2D eigenvalue weighted by molar-refractivity contribution is -0.118. The van der Waals surface area contributed by atoms with Gasteiger partial charge in [0.2, 0.25) is 5.91 Å². The summed E-state index contributed by atoms with van der Waals surface area (Å²) < 4.78 is 5.69. The van der Waals surface area contributed by atoms with Crippen LogP contribution in [0.25, 0.3) is 0 Å². The molecule has 2 aromatic rings. The molecule has 1 amide bonds. The number of likely N-dealkylation sites (N-methyl/N-ethyl adjacent to an activating group) is 1. The van der Waals surface area contributed by atoms with Gasteiger partial charge < -0.3 is 15.4 Å². The van der Waals surface area contributed by atoms with Crippen LogP contribution >= 0.6 is 0 Å². The number of benzene rings is 2. The number of ether oxygens (including phenoxy) is 1. The zero-order valence-electron chi connectivity index (χ0n) is 11.4. The van der Waals surface area contributed by atoms with E-state index in [9.17, 15) is 4.79 Å². The predicted molar refractivity (Wildman–Crippen MR) is 79.8 cm³/mol. The van der Waals surface area contributed by atoms with Crippen molar-refractivity contribution in [3.8, 4) is 5.75 Å². The SMILES string of the molecule is CNC(=O)CNc1ccc(OCc2ccccc2)cc1. The number of carbonyl (C=O) groups is 1. The van der Waals surface area contributed by atoms with E-state index in [1.54, 1.807) is 7.05 Å². The Bertz CT molecular complexity index is 538. The third-order valence-electron chi connectivity index (χ3n) is 2.83. The molecule has 4 nitrogen and oxygen atoms in total. The fraction of sp³-hybridized carbons (Fsp3) is 0.188. The number of anilines is 1. The molecule has 0 unspecified atom stereocenters. The van der Waals surface area contributed by atoms with Gasteiger partial charge in [0.05, 0.1) is 6.54 Å². The van der Waals surface area contributed by atoms with Crippen LogP contribution in [0.5, 0.6) is 5.75 Å². The van der Waals surface area contributed by atoms with Gasteiger partial charge in [0, 0.05) is 12.7 Å². The van der Waals surface area contributed by atoms with Crippen molar-refractivity contribution in [2.75, 3.05) is 18.9 Å². The lowest BCUT2D eigenvalue weighted by Gasteiger charge is -2.08. The molecule has 2 aromatic carbocycles. The molecular weight excluding hydrogens is 252 g/mol. The van der Waals surface area contributed by atoms with Crippen LogP contribution in [-0.4, -0.2) is 19.5 Å². The average Bonchev–Trinajstić information content (AvgIpc) is 2.52. The summed E-state index contributed by atoms with van der Waals surface area (Å²) in [7, 11) is 1.62. The highest BCUT2D eigenvalue weighted by Gasteiger charge is 1.99. The smallest absolute Gasteiger partial charge is 0.239 e. The van der Waals surface area contributed by atoms with E-state index in [1.165, 1.54) is 0 Å². The molecule has 0 aliphatic rings. The summed E-state index contributed by atoms with van der Waals surface area (Å²) in [6.07, 6.45) is 0. The fourth-order valence-corrected chi connectivity index (χ4v) is 1.68. The van der Waals surface area contributed by atoms with Gasteiger partial charge in [-0.2, -0.15) is 0 Å². The molecule has 0 fully saturated rings. The van der Waals surface area contributed by atoms with Gasteiger partial charge in [0.15, 0.2) is 0 Å². The minimum atomic E-state index is -0.0468. The zero-order chi connectivity index (χ0) is 14.2. The van der Waals surface area contributed by atoms with Crippen LogP contribution in [0.2, 0.25) is 0 Å². The molecule has 0 atom stereocenters. The first-order chi connectivity index (χ1) is 9.78. The molecule has 0 heterocycles. The largest absolute Gasteiger partial charge is 0.489 e. The van der Waals surface area contributed by atoms with Gasteiger partial charge in [-0.3, -0.25) is 4.79 Å². The van der Waals surface area contributed by atoms with Gasteiger partial charge in [-0.15, -0.1) is 0 Å². The molecule has 2 N–H and O–H groups in total. The van der Waals surface area contributed by atoms with E-state index in [4.69, 9.17) is 4.74 Å². The van der Waals surface area contributed by atoms with Gasteiger partial charge in [-0.05, 0) is 29.8 Å². The van der Waals surface area contributed by atoms with E-state index in [0.717, 1.165) is 17.0 Å². The molecule has 20 heavy (non-hydrogen) atoms. The van der Waals surface area contributed by atoms with Crippen LogP contribution in [0.1, 0.15) is 5.56 Å². The highest BCUT2D eigenvalue weighted by Crippen LogP contribution is 2.16. The molecule has 4 heteroatoms. The van der Waals surface area contributed by atoms with Crippen LogP contribution in [0.15, 0.2) is 54.6 Å². The molecule has 0 saturated heterocycles. The van der Waals surface area contributed by atoms with E-state index in [-0.39, 0.29) is 12.5 Å². The summed E-state index contributed by atoms with van der Waals surface area (Å²) in [5.74, 6) is 0.758. The minimum Gasteiger partial charge on any atom is -0.489 e. The Hall–Kier alpha value is -2.49. The van der Waals surface area contributed by atoms with Crippen molar-refractivity contribution in [1.82, 2.24) is 5.32 Å². The quantitative estimate of drug-likeness (QED) is 0.847. The zero-order valence-corrected chi connectivity index (χ0v) is 11.4. The normalized spacial score (nSPS) is 9.85. The second kappa shape index (κ2) is 7.19. The Morgan fingerprint density at radius 2 is 1.75 bits per heavy atom. The number of hydrogen-bond donors (Lipinski definition) is 2. The standard InChI is InChI=1S/C16H18N2O2/c1-17-16(19)11-18-14-7-9-15(10-8-14)20-12-13-5-3-2-4-6-13/h2-10,18H,11-12H2,1H3,(H,17,19). The Balaban J connectivity index is 1.84. The van der Waals surface area contributed by atoms with Crippen molar-refractivity contribution >= 4 is 11.6 Å². The molecule has 104 valence electrons. The first-order valence-electron chi connectivity index (χ1n) is 6.49. The van der Waals surface area contributed by atoms with Gasteiger partial charge in [-0.25, -0.2) is 0 Å². The van der Waals surface area contributed by atoms with Crippen LogP contribution in [0, 0.1) is 0 Å². The summed E-state index contributed by atoms with van der Waals surface area (Å²) in [5.41, 5.74) is 2.02. The third-order valence-corrected chi connectivity index (χ3v) is 2.83. The summed E-state index contributed by atoms with van der Waals surface area (Å²) in [6.45, 7) is 0.812. The first-order valence-corrected chi connectivity index (χ1v) is 6.49. The topological polar surface area (TPSA) is 50.4 Å². The molecule has 0 aliphatic heterocycles. The van der Waals surface area contributed by atoms with Gasteiger partial charge in [-0.1, -0.05) is 30.3 Å². The van der Waals surface area contributed by atoms with E-state index < -0.39 is 0 Å². The minimum absolute atomic E-state index is 0.0468. The third kappa shape index (κ3) is 4.31. The summed E-state index contributed by atoms with van der Waals surface area (Å²) >= 11 is 0. The van der Waals surface area contributed by atoms with Gasteiger partial charge in [0.1, 0.15) is 12.4 Å². The van der Waals surface area contributed by atoms with Crippen LogP contribution in [-0.2, 0) is 11.4 Å². The number of hydrogen-bond acceptors (Lipinski definition) is 3. The van der Waals surface area contributed by atoms with E-state index in [2.05, 4.69) is 10.6 Å². The van der Waals surface area contributed by atoms with Crippen molar-refractivity contribution < 1.29 is 9.53 Å². The predicted octanol–water partition coefficient (Wildman–Crippen LogP) is 2.42. The number of nitrogens with one attached hydrogen (secondary N) is 2. The van der Waals surface area contributed by atoms with Crippen LogP contribution in [0.3, 0.4) is 0 Å². The van der Waals surface area contributed by atoms with Crippen molar-refractivity contribution in [3.63, 3.8) is 0 Å². The lowest BCUT2D eigenvalue weighted by Crippen LogP contribution is -2.26. The number of carbonyl (C=O) groups excluding carboxylic acids is 1. The van der Waals surface area contributed by atoms with Gasteiger partial charge in [0.25, 0.3) is 0 Å². The molecule has 0 radical (unpaired) electrons. The van der Waals surface area contributed by atoms with E-state index in [0.29, 0.717) is 6.61 Å². The Labute approximate surface area is 118 Å². The second-order valence-corrected chi connectivity index (χ2v) is 4.33. The monoisotopic (exact) mass is 270 g/mol. The molecule has 0 spiro atoms. The van der Waals surface area contributed by atoms with Gasteiger partial charge >= 0.3 is 0 Å². The molecule has 0 aromatic heterocycles. The molecule has 0 aliphatic carbocycles. The Morgan fingerprint density at radius 3 is 2.40 bits per heavy atom. The summed E-state index contributed by atoms with van der Waals surface area (Å²) in [6, 6.07) is 17.6. The molecule has 2 rings (SSSR count). The Morgan fingerprint density at radius 1 is 1.05 bits per heavy atom. The molecular formula is C16H18N2O2. The fourth-order valence-electron chi connectivity index (χ4n) is 1.68. The second-order valence-electron chi connectivity index (χ2n) is 4.33. The maximum Gasteiger partial charge on any atom is 0.239 e. The van der Waals surface area contributed by atoms with Crippen LogP contribution in [0.4, 0.5) is 5.69 Å². The van der Waals surface area contributed by atoms with Crippen molar-refractivity contribution in [2.24, 2.45) is 0 Å². The molecule has 0 saturated carbocycles. The van der Waals surface area contributed by atoms with Crippen molar-refractivity contribution in [1.29, 1.82) is 0 Å². The highest BCUT2D eigenvalue weighted by molar-refractivity contribution is 5.80. The Kier molecular flexibility index (Phi) is 5.00. The van der Waals surface area contributed by atoms with Crippen molar-refractivity contribution in [3.05, 3.63) is 60.2 Å². The first kappa shape index (κ1) is 13.9. The van der Waals surface area contributed by atoms with E-state index in [1.807, 2.05) is 54.6 Å². The maximum absolute atomic E-state index is 11.1. The average molecular weight is 270 g/mol. The summed E-state index contributed by atoms with van der Waals surface area (Å²) in [4.78, 5) is 11.1. The van der Waals surface area contributed by atoms with E-state index >= 15 is 0 Å². The lowest BCUT2D eigenvalue weighted by atomic mass is 10.2. The molecule has 0 bridgehead atoms. The summed E-state index contributed by atoms with van der Waals surface area (Å²) in [5, 5.41) is 5.59. The number of amides is 1. The van der Waals surface area contributed by atoms with Crippen molar-refractivity contribution in [2.45, 2.75) is 6.61 Å². The number of rotatable bonds is 6. The maximum atomic E-state index is 11.1. The van der Waals surface area contributed by atoms with Crippen LogP contribution < -0.4 is 15.4 Å².